The molecule has 0 saturated heterocycles. The number of ether oxygens (including phenoxy) is 2. The highest BCUT2D eigenvalue weighted by molar-refractivity contribution is 5.79. The van der Waals surface area contributed by atoms with Crippen LogP contribution >= 0.6 is 0 Å². The molecular formula is C19H29N3O2. The Morgan fingerprint density at radius 3 is 2.58 bits per heavy atom. The fourth-order valence-corrected chi connectivity index (χ4v) is 3.07. The smallest absolute Gasteiger partial charge is 0.191 e. The van der Waals surface area contributed by atoms with Crippen LogP contribution in [0.4, 0.5) is 0 Å². The van der Waals surface area contributed by atoms with Gasteiger partial charge in [0, 0.05) is 20.1 Å². The minimum absolute atomic E-state index is 0.341. The lowest BCUT2D eigenvalue weighted by molar-refractivity contribution is 0.200. The zero-order valence-corrected chi connectivity index (χ0v) is 14.8. The highest BCUT2D eigenvalue weighted by Crippen LogP contribution is 2.32. The highest BCUT2D eigenvalue weighted by atomic mass is 16.5. The SMILES string of the molecule is CN=C(NCc1ccc(OC2CCCC2)c(OC)c1)NCC1CC1. The average Bonchev–Trinajstić information content (AvgIpc) is 3.30. The Hall–Kier alpha value is -1.91. The number of nitrogens with zero attached hydrogens (tertiary/aromatic N) is 1. The van der Waals surface area contributed by atoms with E-state index in [-0.39, 0.29) is 0 Å². The van der Waals surface area contributed by atoms with Gasteiger partial charge in [-0.25, -0.2) is 0 Å². The van der Waals surface area contributed by atoms with Crippen LogP contribution in [0.3, 0.4) is 0 Å². The molecule has 2 aliphatic rings. The van der Waals surface area contributed by atoms with Crippen LogP contribution in [0.1, 0.15) is 44.1 Å². The van der Waals surface area contributed by atoms with Crippen molar-refractivity contribution in [1.82, 2.24) is 10.6 Å². The first-order valence-corrected chi connectivity index (χ1v) is 9.06. The van der Waals surface area contributed by atoms with Crippen molar-refractivity contribution in [1.29, 1.82) is 0 Å². The van der Waals surface area contributed by atoms with Gasteiger partial charge < -0.3 is 20.1 Å². The summed E-state index contributed by atoms with van der Waals surface area (Å²) in [6, 6.07) is 6.16. The van der Waals surface area contributed by atoms with Gasteiger partial charge in [0.25, 0.3) is 0 Å². The first-order valence-electron chi connectivity index (χ1n) is 9.06. The van der Waals surface area contributed by atoms with E-state index in [2.05, 4.69) is 21.7 Å². The van der Waals surface area contributed by atoms with E-state index < -0.39 is 0 Å². The summed E-state index contributed by atoms with van der Waals surface area (Å²) < 4.78 is 11.6. The fraction of sp³-hybridized carbons (Fsp3) is 0.632. The van der Waals surface area contributed by atoms with Gasteiger partial charge in [-0.05, 0) is 62.1 Å². The van der Waals surface area contributed by atoms with Gasteiger partial charge in [-0.3, -0.25) is 4.99 Å². The predicted molar refractivity (Wildman–Crippen MR) is 96.8 cm³/mol. The third kappa shape index (κ3) is 4.79. The van der Waals surface area contributed by atoms with E-state index in [0.29, 0.717) is 12.6 Å². The molecule has 0 atom stereocenters. The zero-order chi connectivity index (χ0) is 16.8. The van der Waals surface area contributed by atoms with Crippen molar-refractivity contribution in [3.8, 4) is 11.5 Å². The van der Waals surface area contributed by atoms with E-state index in [1.807, 2.05) is 12.1 Å². The molecule has 2 N–H and O–H groups in total. The van der Waals surface area contributed by atoms with E-state index in [0.717, 1.165) is 48.3 Å². The van der Waals surface area contributed by atoms with E-state index in [9.17, 15) is 0 Å². The normalized spacial score (nSPS) is 18.5. The third-order valence-electron chi connectivity index (χ3n) is 4.76. The Bertz CT molecular complexity index is 564. The van der Waals surface area contributed by atoms with Crippen LogP contribution in [-0.2, 0) is 6.54 Å². The third-order valence-corrected chi connectivity index (χ3v) is 4.76. The van der Waals surface area contributed by atoms with Gasteiger partial charge in [-0.15, -0.1) is 0 Å². The van der Waals surface area contributed by atoms with Gasteiger partial charge in [0.15, 0.2) is 17.5 Å². The summed E-state index contributed by atoms with van der Waals surface area (Å²) in [4.78, 5) is 4.27. The Morgan fingerprint density at radius 2 is 1.92 bits per heavy atom. The summed E-state index contributed by atoms with van der Waals surface area (Å²) >= 11 is 0. The fourth-order valence-electron chi connectivity index (χ4n) is 3.07. The summed E-state index contributed by atoms with van der Waals surface area (Å²) in [6.07, 6.45) is 7.84. The lowest BCUT2D eigenvalue weighted by Gasteiger charge is -2.17. The van der Waals surface area contributed by atoms with Gasteiger partial charge in [0.1, 0.15) is 0 Å². The van der Waals surface area contributed by atoms with Crippen LogP contribution in [0.15, 0.2) is 23.2 Å². The van der Waals surface area contributed by atoms with Crippen molar-refractivity contribution in [3.63, 3.8) is 0 Å². The Balaban J connectivity index is 1.54. The molecular weight excluding hydrogens is 302 g/mol. The highest BCUT2D eigenvalue weighted by Gasteiger charge is 2.21. The number of hydrogen-bond acceptors (Lipinski definition) is 3. The minimum Gasteiger partial charge on any atom is -0.493 e. The molecule has 0 heterocycles. The van der Waals surface area contributed by atoms with Crippen LogP contribution in [0.2, 0.25) is 0 Å². The molecule has 5 heteroatoms. The van der Waals surface area contributed by atoms with Crippen LogP contribution < -0.4 is 20.1 Å². The molecule has 0 bridgehead atoms. The second-order valence-corrected chi connectivity index (χ2v) is 6.76. The molecule has 0 aliphatic heterocycles. The van der Waals surface area contributed by atoms with Gasteiger partial charge in [-0.2, -0.15) is 0 Å². The average molecular weight is 331 g/mol. The molecule has 5 nitrogen and oxygen atoms in total. The maximum Gasteiger partial charge on any atom is 0.191 e. The van der Waals surface area contributed by atoms with Gasteiger partial charge >= 0.3 is 0 Å². The van der Waals surface area contributed by atoms with Gasteiger partial charge in [0.2, 0.25) is 0 Å². The van der Waals surface area contributed by atoms with Crippen LogP contribution in [0.25, 0.3) is 0 Å². The van der Waals surface area contributed by atoms with Crippen molar-refractivity contribution in [3.05, 3.63) is 23.8 Å². The summed E-state index contributed by atoms with van der Waals surface area (Å²) in [5, 5.41) is 6.73. The quantitative estimate of drug-likeness (QED) is 0.595. The molecule has 1 aromatic rings. The van der Waals surface area contributed by atoms with E-state index >= 15 is 0 Å². The monoisotopic (exact) mass is 331 g/mol. The van der Waals surface area contributed by atoms with Crippen LogP contribution in [-0.4, -0.2) is 32.8 Å². The Morgan fingerprint density at radius 1 is 1.12 bits per heavy atom. The van der Waals surface area contributed by atoms with E-state index in [4.69, 9.17) is 9.47 Å². The summed E-state index contributed by atoms with van der Waals surface area (Å²) in [5.41, 5.74) is 1.15. The summed E-state index contributed by atoms with van der Waals surface area (Å²) in [5.74, 6) is 3.34. The van der Waals surface area contributed by atoms with Gasteiger partial charge in [0.05, 0.1) is 13.2 Å². The molecule has 132 valence electrons. The molecule has 0 amide bonds. The second kappa shape index (κ2) is 8.27. The molecule has 0 aromatic heterocycles. The van der Waals surface area contributed by atoms with Gasteiger partial charge in [-0.1, -0.05) is 6.07 Å². The number of methoxy groups -OCH3 is 1. The number of aliphatic imine (C=N–C) groups is 1. The standard InChI is InChI=1S/C19H29N3O2/c1-20-19(21-12-14-7-8-14)22-13-15-9-10-17(18(11-15)23-2)24-16-5-3-4-6-16/h9-11,14,16H,3-8,12-13H2,1-2H3,(H2,20,21,22). The number of hydrogen-bond donors (Lipinski definition) is 2. The largest absolute Gasteiger partial charge is 0.493 e. The molecule has 2 fully saturated rings. The van der Waals surface area contributed by atoms with Crippen molar-refractivity contribution in [2.45, 2.75) is 51.2 Å². The molecule has 2 saturated carbocycles. The van der Waals surface area contributed by atoms with E-state index in [1.165, 1.54) is 25.7 Å². The zero-order valence-electron chi connectivity index (χ0n) is 14.8. The van der Waals surface area contributed by atoms with Crippen LogP contribution in [0.5, 0.6) is 11.5 Å². The number of benzene rings is 1. The summed E-state index contributed by atoms with van der Waals surface area (Å²) in [7, 11) is 3.51. The Kier molecular flexibility index (Phi) is 5.83. The van der Waals surface area contributed by atoms with Crippen molar-refractivity contribution in [2.24, 2.45) is 10.9 Å². The maximum absolute atomic E-state index is 6.09. The Labute approximate surface area is 144 Å². The lowest BCUT2D eigenvalue weighted by Crippen LogP contribution is -2.37. The molecule has 2 aliphatic carbocycles. The maximum atomic E-state index is 6.09. The number of nitrogens with one attached hydrogen (secondary N) is 2. The van der Waals surface area contributed by atoms with Crippen molar-refractivity contribution in [2.75, 3.05) is 20.7 Å². The second-order valence-electron chi connectivity index (χ2n) is 6.76. The van der Waals surface area contributed by atoms with Crippen molar-refractivity contribution >= 4 is 5.96 Å². The molecule has 0 unspecified atom stereocenters. The molecule has 0 spiro atoms. The predicted octanol–water partition coefficient (Wildman–Crippen LogP) is 3.09. The molecule has 1 aromatic carbocycles. The number of guanidine groups is 1. The lowest BCUT2D eigenvalue weighted by atomic mass is 10.2. The van der Waals surface area contributed by atoms with E-state index in [1.54, 1.807) is 14.2 Å². The first kappa shape index (κ1) is 16.9. The molecule has 3 rings (SSSR count). The molecule has 0 radical (unpaired) electrons. The minimum atomic E-state index is 0.341. The first-order chi connectivity index (χ1) is 11.8. The van der Waals surface area contributed by atoms with Crippen molar-refractivity contribution < 1.29 is 9.47 Å². The molecule has 24 heavy (non-hydrogen) atoms. The topological polar surface area (TPSA) is 54.9 Å². The summed E-state index contributed by atoms with van der Waals surface area (Å²) in [6.45, 7) is 1.72. The van der Waals surface area contributed by atoms with Crippen LogP contribution in [0, 0.1) is 5.92 Å². The number of rotatable bonds is 7.